The molecular weight excluding hydrogens is 346 g/mol. The molecule has 0 aliphatic heterocycles. The molecule has 0 aromatic heterocycles. The number of alkyl halides is 2. The molecular formula is C18H16F2N2O4. The third-order valence-corrected chi connectivity index (χ3v) is 3.30. The molecule has 8 heteroatoms. The first-order valence-electron chi connectivity index (χ1n) is 7.42. The standard InChI is InChI=1S/C18H16F2N2O4/c1-25-14-8-4-5-11(16(14)26-18(19)20)9-10-15(23)22-13-7-3-2-6-12(13)17(21)24/h2-10,18H,1H3,(H2,21,24)(H,22,23). The summed E-state index contributed by atoms with van der Waals surface area (Å²) in [4.78, 5) is 23.4. The van der Waals surface area contributed by atoms with Gasteiger partial charge in [0.1, 0.15) is 0 Å². The molecule has 0 bridgehead atoms. The van der Waals surface area contributed by atoms with Crippen LogP contribution in [0.3, 0.4) is 0 Å². The third kappa shape index (κ3) is 4.79. The van der Waals surface area contributed by atoms with Gasteiger partial charge in [0.05, 0.1) is 18.4 Å². The summed E-state index contributed by atoms with van der Waals surface area (Å²) in [6, 6.07) is 10.7. The summed E-state index contributed by atoms with van der Waals surface area (Å²) < 4.78 is 34.7. The largest absolute Gasteiger partial charge is 0.493 e. The average Bonchev–Trinajstić information content (AvgIpc) is 2.60. The SMILES string of the molecule is COc1cccc(C=CC(=O)Nc2ccccc2C(N)=O)c1OC(F)F. The summed E-state index contributed by atoms with van der Waals surface area (Å²) in [5, 5.41) is 2.50. The van der Waals surface area contributed by atoms with Crippen molar-refractivity contribution in [2.24, 2.45) is 5.73 Å². The molecule has 0 saturated heterocycles. The highest BCUT2D eigenvalue weighted by molar-refractivity contribution is 6.07. The molecule has 3 N–H and O–H groups in total. The van der Waals surface area contributed by atoms with Gasteiger partial charge < -0.3 is 20.5 Å². The molecule has 0 aliphatic carbocycles. The lowest BCUT2D eigenvalue weighted by Gasteiger charge is -2.12. The molecule has 26 heavy (non-hydrogen) atoms. The van der Waals surface area contributed by atoms with E-state index in [1.165, 1.54) is 37.5 Å². The maximum absolute atomic E-state index is 12.6. The predicted octanol–water partition coefficient (Wildman–Crippen LogP) is 3.05. The van der Waals surface area contributed by atoms with Crippen LogP contribution in [0.15, 0.2) is 48.5 Å². The first kappa shape index (κ1) is 18.9. The maximum Gasteiger partial charge on any atom is 0.387 e. The number of carbonyl (C=O) groups excluding carboxylic acids is 2. The zero-order chi connectivity index (χ0) is 19.1. The summed E-state index contributed by atoms with van der Waals surface area (Å²) >= 11 is 0. The topological polar surface area (TPSA) is 90.6 Å². The van der Waals surface area contributed by atoms with Crippen molar-refractivity contribution in [3.63, 3.8) is 0 Å². The van der Waals surface area contributed by atoms with Crippen molar-refractivity contribution in [3.8, 4) is 11.5 Å². The Bertz CT molecular complexity index is 838. The second kappa shape index (κ2) is 8.61. The summed E-state index contributed by atoms with van der Waals surface area (Å²) in [6.45, 7) is -3.05. The zero-order valence-corrected chi connectivity index (χ0v) is 13.7. The number of halogens is 2. The van der Waals surface area contributed by atoms with Crippen molar-refractivity contribution in [1.29, 1.82) is 0 Å². The highest BCUT2D eigenvalue weighted by atomic mass is 19.3. The second-order valence-corrected chi connectivity index (χ2v) is 4.99. The fraction of sp³-hybridized carbons (Fsp3) is 0.111. The quantitative estimate of drug-likeness (QED) is 0.741. The van der Waals surface area contributed by atoms with Crippen LogP contribution in [0.4, 0.5) is 14.5 Å². The Morgan fingerprint density at radius 2 is 1.88 bits per heavy atom. The van der Waals surface area contributed by atoms with Gasteiger partial charge in [-0.25, -0.2) is 0 Å². The number of methoxy groups -OCH3 is 1. The molecule has 2 amide bonds. The second-order valence-electron chi connectivity index (χ2n) is 4.99. The van der Waals surface area contributed by atoms with Gasteiger partial charge in [0.2, 0.25) is 5.91 Å². The van der Waals surface area contributed by atoms with Gasteiger partial charge in [-0.2, -0.15) is 8.78 Å². The summed E-state index contributed by atoms with van der Waals surface area (Å²) in [6.07, 6.45) is 2.41. The number of para-hydroxylation sites is 2. The Balaban J connectivity index is 2.22. The minimum Gasteiger partial charge on any atom is -0.493 e. The molecule has 0 saturated carbocycles. The van der Waals surface area contributed by atoms with E-state index in [9.17, 15) is 18.4 Å². The number of rotatable bonds is 7. The Kier molecular flexibility index (Phi) is 6.26. The van der Waals surface area contributed by atoms with Crippen molar-refractivity contribution >= 4 is 23.6 Å². The Morgan fingerprint density at radius 1 is 1.15 bits per heavy atom. The van der Waals surface area contributed by atoms with Crippen LogP contribution in [0.5, 0.6) is 11.5 Å². The van der Waals surface area contributed by atoms with Gasteiger partial charge in [0.25, 0.3) is 5.91 Å². The normalized spacial score (nSPS) is 10.8. The van der Waals surface area contributed by atoms with Crippen LogP contribution in [0, 0.1) is 0 Å². The van der Waals surface area contributed by atoms with E-state index in [1.54, 1.807) is 18.2 Å². The van der Waals surface area contributed by atoms with Gasteiger partial charge in [-0.3, -0.25) is 9.59 Å². The van der Waals surface area contributed by atoms with Crippen molar-refractivity contribution < 1.29 is 27.8 Å². The molecule has 2 aromatic rings. The van der Waals surface area contributed by atoms with E-state index in [1.807, 2.05) is 0 Å². The number of nitrogens with one attached hydrogen (secondary N) is 1. The summed E-state index contributed by atoms with van der Waals surface area (Å²) in [7, 11) is 1.31. The summed E-state index contributed by atoms with van der Waals surface area (Å²) in [5.41, 5.74) is 5.86. The fourth-order valence-electron chi connectivity index (χ4n) is 2.19. The molecule has 0 fully saturated rings. The minimum atomic E-state index is -3.05. The number of primary amides is 1. The number of benzene rings is 2. The van der Waals surface area contributed by atoms with Crippen LogP contribution in [-0.4, -0.2) is 25.5 Å². The highest BCUT2D eigenvalue weighted by Gasteiger charge is 2.14. The average molecular weight is 362 g/mol. The Morgan fingerprint density at radius 3 is 2.54 bits per heavy atom. The highest BCUT2D eigenvalue weighted by Crippen LogP contribution is 2.33. The van der Waals surface area contributed by atoms with Gasteiger partial charge in [0.15, 0.2) is 11.5 Å². The van der Waals surface area contributed by atoms with Crippen LogP contribution in [0.25, 0.3) is 6.08 Å². The smallest absolute Gasteiger partial charge is 0.387 e. The molecule has 6 nitrogen and oxygen atoms in total. The number of ether oxygens (including phenoxy) is 2. The van der Waals surface area contributed by atoms with Crippen LogP contribution in [0.1, 0.15) is 15.9 Å². The Hall–Kier alpha value is -3.42. The van der Waals surface area contributed by atoms with Gasteiger partial charge in [-0.05, 0) is 24.3 Å². The van der Waals surface area contributed by atoms with Crippen molar-refractivity contribution in [1.82, 2.24) is 0 Å². The lowest BCUT2D eigenvalue weighted by Crippen LogP contribution is -2.16. The van der Waals surface area contributed by atoms with E-state index in [-0.39, 0.29) is 28.3 Å². The van der Waals surface area contributed by atoms with E-state index >= 15 is 0 Å². The van der Waals surface area contributed by atoms with E-state index in [2.05, 4.69) is 10.1 Å². The van der Waals surface area contributed by atoms with E-state index in [0.717, 1.165) is 6.08 Å². The van der Waals surface area contributed by atoms with Gasteiger partial charge in [0, 0.05) is 11.6 Å². The van der Waals surface area contributed by atoms with Gasteiger partial charge >= 0.3 is 6.61 Å². The van der Waals surface area contributed by atoms with E-state index < -0.39 is 18.4 Å². The molecule has 0 radical (unpaired) electrons. The molecule has 0 atom stereocenters. The van der Waals surface area contributed by atoms with Crippen LogP contribution in [-0.2, 0) is 4.79 Å². The van der Waals surface area contributed by atoms with Crippen molar-refractivity contribution in [2.75, 3.05) is 12.4 Å². The van der Waals surface area contributed by atoms with Crippen molar-refractivity contribution in [2.45, 2.75) is 6.61 Å². The maximum atomic E-state index is 12.6. The lowest BCUT2D eigenvalue weighted by molar-refractivity contribution is -0.111. The van der Waals surface area contributed by atoms with Gasteiger partial charge in [-0.1, -0.05) is 24.3 Å². The zero-order valence-electron chi connectivity index (χ0n) is 13.7. The molecule has 0 heterocycles. The Labute approximate surface area is 148 Å². The number of carbonyl (C=O) groups is 2. The molecule has 0 spiro atoms. The molecule has 0 unspecified atom stereocenters. The number of hydrogen-bond acceptors (Lipinski definition) is 4. The molecule has 136 valence electrons. The number of hydrogen-bond donors (Lipinski definition) is 2. The minimum absolute atomic E-state index is 0.104. The monoisotopic (exact) mass is 362 g/mol. The van der Waals surface area contributed by atoms with Gasteiger partial charge in [-0.15, -0.1) is 0 Å². The van der Waals surface area contributed by atoms with E-state index in [4.69, 9.17) is 10.5 Å². The number of nitrogens with two attached hydrogens (primary N) is 1. The summed E-state index contributed by atoms with van der Waals surface area (Å²) in [5.74, 6) is -1.35. The molecule has 2 aromatic carbocycles. The third-order valence-electron chi connectivity index (χ3n) is 3.30. The number of anilines is 1. The fourth-order valence-corrected chi connectivity index (χ4v) is 2.19. The molecule has 0 aliphatic rings. The lowest BCUT2D eigenvalue weighted by atomic mass is 10.1. The first-order chi connectivity index (χ1) is 12.4. The first-order valence-corrected chi connectivity index (χ1v) is 7.42. The predicted molar refractivity (Wildman–Crippen MR) is 92.2 cm³/mol. The van der Waals surface area contributed by atoms with Crippen LogP contribution < -0.4 is 20.5 Å². The van der Waals surface area contributed by atoms with Crippen LogP contribution in [0.2, 0.25) is 0 Å². The molecule has 2 rings (SSSR count). The number of amides is 2. The van der Waals surface area contributed by atoms with Crippen LogP contribution >= 0.6 is 0 Å². The van der Waals surface area contributed by atoms with Crippen molar-refractivity contribution in [3.05, 3.63) is 59.7 Å². The van der Waals surface area contributed by atoms with E-state index in [0.29, 0.717) is 0 Å².